The van der Waals surface area contributed by atoms with Gasteiger partial charge < -0.3 is 4.74 Å². The van der Waals surface area contributed by atoms with Crippen LogP contribution in [0.15, 0.2) is 36.8 Å². The van der Waals surface area contributed by atoms with E-state index in [1.165, 1.54) is 18.5 Å². The van der Waals surface area contributed by atoms with Crippen molar-refractivity contribution in [3.63, 3.8) is 0 Å². The Morgan fingerprint density at radius 1 is 1.47 bits per heavy atom. The number of halogens is 1. The van der Waals surface area contributed by atoms with E-state index in [9.17, 15) is 9.18 Å². The Bertz CT molecular complexity index is 575. The van der Waals surface area contributed by atoms with Gasteiger partial charge in [0.2, 0.25) is 0 Å². The van der Waals surface area contributed by atoms with E-state index >= 15 is 0 Å². The molecule has 0 fully saturated rings. The molecule has 0 radical (unpaired) electrons. The van der Waals surface area contributed by atoms with Gasteiger partial charge in [0, 0.05) is 23.4 Å². The lowest BCUT2D eigenvalue weighted by atomic mass is 9.92. The topological polar surface area (TPSA) is 52.1 Å². The molecule has 0 saturated heterocycles. The molecule has 1 atom stereocenters. The zero-order valence-corrected chi connectivity index (χ0v) is 10.4. The standard InChI is InChI=1S/C14H13FN2O2/c1-10-13(6-16-8-17-10)14(7-19-9-18)11-3-2-4-12(15)5-11/h2-6,8-9,14H,7H2,1H3. The summed E-state index contributed by atoms with van der Waals surface area (Å²) in [5, 5.41) is 0. The zero-order valence-electron chi connectivity index (χ0n) is 10.4. The number of ether oxygens (including phenoxy) is 1. The van der Waals surface area contributed by atoms with Gasteiger partial charge in [0.1, 0.15) is 18.8 Å². The van der Waals surface area contributed by atoms with Crippen molar-refractivity contribution in [3.8, 4) is 0 Å². The van der Waals surface area contributed by atoms with Gasteiger partial charge in [0.25, 0.3) is 6.47 Å². The van der Waals surface area contributed by atoms with Crippen LogP contribution in [0.1, 0.15) is 22.7 Å². The fraction of sp³-hybridized carbons (Fsp3) is 0.214. The predicted molar refractivity (Wildman–Crippen MR) is 67.0 cm³/mol. The minimum atomic E-state index is -0.330. The number of hydrogen-bond donors (Lipinski definition) is 0. The van der Waals surface area contributed by atoms with Crippen molar-refractivity contribution in [2.24, 2.45) is 0 Å². The first-order valence-corrected chi connectivity index (χ1v) is 5.79. The summed E-state index contributed by atoms with van der Waals surface area (Å²) < 4.78 is 18.2. The van der Waals surface area contributed by atoms with Crippen molar-refractivity contribution >= 4 is 6.47 Å². The number of rotatable bonds is 5. The molecule has 0 aliphatic rings. The molecule has 0 aliphatic carbocycles. The fourth-order valence-electron chi connectivity index (χ4n) is 1.97. The highest BCUT2D eigenvalue weighted by Gasteiger charge is 2.18. The van der Waals surface area contributed by atoms with Crippen molar-refractivity contribution in [2.45, 2.75) is 12.8 Å². The van der Waals surface area contributed by atoms with E-state index in [-0.39, 0.29) is 18.3 Å². The highest BCUT2D eigenvalue weighted by molar-refractivity contribution is 5.39. The third-order valence-corrected chi connectivity index (χ3v) is 2.91. The van der Waals surface area contributed by atoms with E-state index in [4.69, 9.17) is 4.74 Å². The molecule has 0 saturated carbocycles. The van der Waals surface area contributed by atoms with Gasteiger partial charge in [-0.05, 0) is 24.6 Å². The van der Waals surface area contributed by atoms with Crippen LogP contribution < -0.4 is 0 Å². The first-order valence-electron chi connectivity index (χ1n) is 5.79. The van der Waals surface area contributed by atoms with Crippen molar-refractivity contribution in [1.82, 2.24) is 9.97 Å². The molecule has 0 amide bonds. The molecule has 5 heteroatoms. The molecule has 2 aromatic rings. The lowest BCUT2D eigenvalue weighted by molar-refractivity contribution is -0.128. The Morgan fingerprint density at radius 2 is 2.32 bits per heavy atom. The SMILES string of the molecule is Cc1ncncc1C(COC=O)c1cccc(F)c1. The Hall–Kier alpha value is -2.30. The summed E-state index contributed by atoms with van der Waals surface area (Å²) in [5.74, 6) is -0.606. The average molecular weight is 260 g/mol. The van der Waals surface area contributed by atoms with Gasteiger partial charge >= 0.3 is 0 Å². The van der Waals surface area contributed by atoms with Crippen LogP contribution in [0.25, 0.3) is 0 Å². The average Bonchev–Trinajstić information content (AvgIpc) is 2.41. The molecule has 2 rings (SSSR count). The highest BCUT2D eigenvalue weighted by Crippen LogP contribution is 2.26. The number of carbonyl (C=O) groups excluding carboxylic acids is 1. The largest absolute Gasteiger partial charge is 0.467 e. The number of nitrogens with zero attached hydrogens (tertiary/aromatic N) is 2. The lowest BCUT2D eigenvalue weighted by Gasteiger charge is -2.17. The number of benzene rings is 1. The monoisotopic (exact) mass is 260 g/mol. The summed E-state index contributed by atoms with van der Waals surface area (Å²) in [5.41, 5.74) is 2.31. The van der Waals surface area contributed by atoms with Crippen LogP contribution in [0.3, 0.4) is 0 Å². The quantitative estimate of drug-likeness (QED) is 0.773. The molecule has 0 bridgehead atoms. The molecule has 0 N–H and O–H groups in total. The number of carbonyl (C=O) groups is 1. The second-order valence-corrected chi connectivity index (χ2v) is 4.10. The summed E-state index contributed by atoms with van der Waals surface area (Å²) in [6, 6.07) is 6.20. The van der Waals surface area contributed by atoms with Gasteiger partial charge in [-0.25, -0.2) is 14.4 Å². The lowest BCUT2D eigenvalue weighted by Crippen LogP contribution is -2.12. The number of hydrogen-bond acceptors (Lipinski definition) is 4. The van der Waals surface area contributed by atoms with Crippen LogP contribution in [-0.4, -0.2) is 23.0 Å². The number of aromatic nitrogens is 2. The predicted octanol–water partition coefficient (Wildman–Crippen LogP) is 2.23. The van der Waals surface area contributed by atoms with Gasteiger partial charge in [0.05, 0.1) is 0 Å². The van der Waals surface area contributed by atoms with Crippen molar-refractivity contribution in [2.75, 3.05) is 6.61 Å². The molecule has 1 heterocycles. The molecular weight excluding hydrogens is 247 g/mol. The van der Waals surface area contributed by atoms with E-state index < -0.39 is 0 Å². The summed E-state index contributed by atoms with van der Waals surface area (Å²) in [4.78, 5) is 18.5. The Morgan fingerprint density at radius 3 is 3.00 bits per heavy atom. The van der Waals surface area contributed by atoms with Crippen LogP contribution in [0.4, 0.5) is 4.39 Å². The second kappa shape index (κ2) is 6.04. The molecule has 19 heavy (non-hydrogen) atoms. The fourth-order valence-corrected chi connectivity index (χ4v) is 1.97. The maximum absolute atomic E-state index is 13.3. The molecular formula is C14H13FN2O2. The van der Waals surface area contributed by atoms with E-state index in [2.05, 4.69) is 9.97 Å². The summed E-state index contributed by atoms with van der Waals surface area (Å²) in [6.45, 7) is 2.34. The molecule has 0 spiro atoms. The first kappa shape index (κ1) is 13.1. The van der Waals surface area contributed by atoms with Gasteiger partial charge in [-0.2, -0.15) is 0 Å². The molecule has 98 valence electrons. The molecule has 1 aromatic heterocycles. The second-order valence-electron chi connectivity index (χ2n) is 4.10. The third-order valence-electron chi connectivity index (χ3n) is 2.91. The van der Waals surface area contributed by atoms with Crippen LogP contribution in [-0.2, 0) is 9.53 Å². The van der Waals surface area contributed by atoms with Gasteiger partial charge in [-0.3, -0.25) is 4.79 Å². The van der Waals surface area contributed by atoms with Crippen LogP contribution in [0, 0.1) is 12.7 Å². The summed E-state index contributed by atoms with van der Waals surface area (Å²) in [6.07, 6.45) is 3.11. The van der Waals surface area contributed by atoms with Crippen molar-refractivity contribution in [3.05, 3.63) is 59.4 Å². The molecule has 4 nitrogen and oxygen atoms in total. The third kappa shape index (κ3) is 3.13. The van der Waals surface area contributed by atoms with Gasteiger partial charge in [-0.15, -0.1) is 0 Å². The van der Waals surface area contributed by atoms with E-state index in [0.29, 0.717) is 6.47 Å². The molecule has 1 unspecified atom stereocenters. The summed E-state index contributed by atoms with van der Waals surface area (Å²) in [7, 11) is 0. The molecule has 1 aromatic carbocycles. The highest BCUT2D eigenvalue weighted by atomic mass is 19.1. The van der Waals surface area contributed by atoms with Crippen molar-refractivity contribution in [1.29, 1.82) is 0 Å². The minimum Gasteiger partial charge on any atom is -0.467 e. The first-order chi connectivity index (χ1) is 9.22. The van der Waals surface area contributed by atoms with Crippen LogP contribution >= 0.6 is 0 Å². The van der Waals surface area contributed by atoms with Crippen LogP contribution in [0.5, 0.6) is 0 Å². The Labute approximate surface area is 110 Å². The van der Waals surface area contributed by atoms with E-state index in [1.807, 2.05) is 6.92 Å². The zero-order chi connectivity index (χ0) is 13.7. The van der Waals surface area contributed by atoms with Crippen LogP contribution in [0.2, 0.25) is 0 Å². The minimum absolute atomic E-state index is 0.126. The maximum Gasteiger partial charge on any atom is 0.293 e. The van der Waals surface area contributed by atoms with Gasteiger partial charge in [-0.1, -0.05) is 12.1 Å². The normalized spacial score (nSPS) is 11.9. The van der Waals surface area contributed by atoms with E-state index in [0.717, 1.165) is 16.8 Å². The summed E-state index contributed by atoms with van der Waals surface area (Å²) >= 11 is 0. The number of aryl methyl sites for hydroxylation is 1. The van der Waals surface area contributed by atoms with E-state index in [1.54, 1.807) is 18.3 Å². The van der Waals surface area contributed by atoms with Gasteiger partial charge in [0.15, 0.2) is 0 Å². The smallest absolute Gasteiger partial charge is 0.293 e. The maximum atomic E-state index is 13.3. The molecule has 0 aliphatic heterocycles. The Balaban J connectivity index is 2.41. The van der Waals surface area contributed by atoms with Crippen molar-refractivity contribution < 1.29 is 13.9 Å². The Kier molecular flexibility index (Phi) is 4.18.